The van der Waals surface area contributed by atoms with Crippen molar-refractivity contribution in [3.05, 3.63) is 56.7 Å². The summed E-state index contributed by atoms with van der Waals surface area (Å²) in [6.45, 7) is 2.72. The smallest absolute Gasteiger partial charge is 0.197 e. The van der Waals surface area contributed by atoms with E-state index in [2.05, 4.69) is 4.90 Å². The van der Waals surface area contributed by atoms with Crippen LogP contribution in [0.2, 0.25) is 5.02 Å². The number of hydrogen-bond acceptors (Lipinski definition) is 6. The molecule has 6 nitrogen and oxygen atoms in total. The number of methoxy groups -OCH3 is 2. The zero-order valence-corrected chi connectivity index (χ0v) is 18.8. The van der Waals surface area contributed by atoms with E-state index >= 15 is 0 Å². The van der Waals surface area contributed by atoms with Crippen molar-refractivity contribution in [3.8, 4) is 22.8 Å². The lowest BCUT2D eigenvalue weighted by Crippen LogP contribution is -2.32. The molecule has 7 heteroatoms. The topological polar surface area (TPSA) is 72.1 Å². The first-order valence-corrected chi connectivity index (χ1v) is 10.6. The van der Waals surface area contributed by atoms with Crippen molar-refractivity contribution < 1.29 is 19.0 Å². The molecular weight excluding hydrogens is 418 g/mol. The van der Waals surface area contributed by atoms with Gasteiger partial charge < -0.3 is 23.9 Å². The maximum absolute atomic E-state index is 13.2. The number of likely N-dealkylation sites (tertiary alicyclic amines) is 1. The third kappa shape index (κ3) is 3.59. The Hall–Kier alpha value is -2.54. The van der Waals surface area contributed by atoms with Crippen LogP contribution in [0.15, 0.2) is 39.5 Å². The molecule has 0 aliphatic carbocycles. The first-order chi connectivity index (χ1) is 14.9. The molecule has 2 atom stereocenters. The monoisotopic (exact) mass is 443 g/mol. The molecule has 31 heavy (non-hydrogen) atoms. The number of rotatable bonds is 5. The zero-order chi connectivity index (χ0) is 22.3. The summed E-state index contributed by atoms with van der Waals surface area (Å²) in [7, 11) is 5.07. The highest BCUT2D eigenvalue weighted by Crippen LogP contribution is 2.45. The number of halogens is 1. The fourth-order valence-electron chi connectivity index (χ4n) is 4.56. The summed E-state index contributed by atoms with van der Waals surface area (Å²) in [6.07, 6.45) is 0.804. The van der Waals surface area contributed by atoms with Crippen molar-refractivity contribution in [2.75, 3.05) is 34.4 Å². The van der Waals surface area contributed by atoms with Crippen LogP contribution in [0.5, 0.6) is 11.5 Å². The van der Waals surface area contributed by atoms with Gasteiger partial charge in [0.25, 0.3) is 0 Å². The molecule has 4 rings (SSSR count). The Morgan fingerprint density at radius 1 is 1.23 bits per heavy atom. The van der Waals surface area contributed by atoms with Gasteiger partial charge in [0.1, 0.15) is 28.2 Å². The Bertz CT molecular complexity index is 1190. The Balaban J connectivity index is 2.07. The highest BCUT2D eigenvalue weighted by Gasteiger charge is 2.37. The molecule has 0 radical (unpaired) electrons. The molecule has 1 aromatic heterocycles. The molecule has 1 aliphatic rings. The lowest BCUT2D eigenvalue weighted by Gasteiger charge is -2.25. The van der Waals surface area contributed by atoms with E-state index in [1.165, 1.54) is 13.2 Å². The summed E-state index contributed by atoms with van der Waals surface area (Å²) < 4.78 is 17.6. The van der Waals surface area contributed by atoms with Crippen LogP contribution in [0.3, 0.4) is 0 Å². The molecule has 164 valence electrons. The summed E-state index contributed by atoms with van der Waals surface area (Å²) >= 11 is 6.53. The van der Waals surface area contributed by atoms with E-state index in [0.717, 1.165) is 24.1 Å². The molecule has 1 saturated heterocycles. The van der Waals surface area contributed by atoms with Gasteiger partial charge in [-0.2, -0.15) is 0 Å². The number of aliphatic hydroxyl groups excluding tert-OH is 1. The number of hydrogen-bond donors (Lipinski definition) is 1. The largest absolute Gasteiger partial charge is 0.496 e. The van der Waals surface area contributed by atoms with Crippen molar-refractivity contribution in [2.24, 2.45) is 0 Å². The molecule has 2 unspecified atom stereocenters. The maximum atomic E-state index is 13.2. The van der Waals surface area contributed by atoms with Gasteiger partial charge in [-0.15, -0.1) is 0 Å². The number of ether oxygens (including phenoxy) is 2. The quantitative estimate of drug-likeness (QED) is 0.636. The molecule has 0 amide bonds. The van der Waals surface area contributed by atoms with Crippen LogP contribution < -0.4 is 14.9 Å². The normalized spacial score (nSPS) is 19.2. The average Bonchev–Trinajstić information content (AvgIpc) is 3.13. The van der Waals surface area contributed by atoms with Crippen LogP contribution >= 0.6 is 11.6 Å². The molecule has 1 N–H and O–H groups in total. The second-order valence-corrected chi connectivity index (χ2v) is 8.31. The van der Waals surface area contributed by atoms with Crippen LogP contribution in [0.1, 0.15) is 23.5 Å². The van der Waals surface area contributed by atoms with Gasteiger partial charge in [-0.25, -0.2) is 0 Å². The van der Waals surface area contributed by atoms with Gasteiger partial charge in [-0.05, 0) is 38.6 Å². The van der Waals surface area contributed by atoms with Crippen molar-refractivity contribution in [2.45, 2.75) is 25.3 Å². The van der Waals surface area contributed by atoms with Gasteiger partial charge in [-0.1, -0.05) is 23.7 Å². The summed E-state index contributed by atoms with van der Waals surface area (Å²) in [4.78, 5) is 15.4. The molecule has 0 spiro atoms. The number of aryl methyl sites for hydroxylation is 1. The lowest BCUT2D eigenvalue weighted by molar-refractivity contribution is 0.171. The number of aliphatic hydroxyl groups is 1. The molecule has 0 saturated carbocycles. The van der Waals surface area contributed by atoms with Gasteiger partial charge in [0.15, 0.2) is 5.43 Å². The van der Waals surface area contributed by atoms with Crippen molar-refractivity contribution in [1.29, 1.82) is 0 Å². The van der Waals surface area contributed by atoms with Gasteiger partial charge in [0, 0.05) is 35.2 Å². The molecular formula is C24H26ClNO5. The maximum Gasteiger partial charge on any atom is 0.197 e. The molecule has 1 fully saturated rings. The fourth-order valence-corrected chi connectivity index (χ4v) is 4.78. The van der Waals surface area contributed by atoms with E-state index in [1.807, 2.05) is 32.2 Å². The number of nitrogens with zero attached hydrogens (tertiary/aromatic N) is 1. The van der Waals surface area contributed by atoms with E-state index in [1.54, 1.807) is 13.2 Å². The second-order valence-electron chi connectivity index (χ2n) is 7.94. The van der Waals surface area contributed by atoms with Gasteiger partial charge in [-0.3, -0.25) is 4.79 Å². The van der Waals surface area contributed by atoms with Crippen LogP contribution in [-0.4, -0.2) is 50.5 Å². The predicted octanol–water partition coefficient (Wildman–Crippen LogP) is 4.22. The van der Waals surface area contributed by atoms with E-state index in [-0.39, 0.29) is 24.0 Å². The number of likely N-dealkylation sites (N-methyl/N-ethyl adjacent to an activating group) is 1. The third-order valence-electron chi connectivity index (χ3n) is 6.24. The van der Waals surface area contributed by atoms with E-state index in [0.29, 0.717) is 38.8 Å². The predicted molar refractivity (Wildman–Crippen MR) is 122 cm³/mol. The molecule has 2 aromatic carbocycles. The zero-order valence-electron chi connectivity index (χ0n) is 18.1. The molecule has 2 heterocycles. The highest BCUT2D eigenvalue weighted by atomic mass is 35.5. The summed E-state index contributed by atoms with van der Waals surface area (Å²) in [6, 6.07) is 8.68. The van der Waals surface area contributed by atoms with Gasteiger partial charge in [0.05, 0.1) is 25.8 Å². The van der Waals surface area contributed by atoms with E-state index in [9.17, 15) is 9.90 Å². The average molecular weight is 444 g/mol. The summed E-state index contributed by atoms with van der Waals surface area (Å²) in [5, 5.41) is 10.9. The number of fused-ring (bicyclic) bond motifs is 1. The first kappa shape index (κ1) is 21.7. The second kappa shape index (κ2) is 8.54. The van der Waals surface area contributed by atoms with E-state index in [4.69, 9.17) is 25.5 Å². The summed E-state index contributed by atoms with van der Waals surface area (Å²) in [5.41, 5.74) is 2.50. The molecule has 0 bridgehead atoms. The van der Waals surface area contributed by atoms with Gasteiger partial charge >= 0.3 is 0 Å². The Morgan fingerprint density at radius 2 is 1.97 bits per heavy atom. The Morgan fingerprint density at radius 3 is 2.65 bits per heavy atom. The molecule has 3 aromatic rings. The van der Waals surface area contributed by atoms with E-state index < -0.39 is 0 Å². The third-order valence-corrected chi connectivity index (χ3v) is 6.75. The summed E-state index contributed by atoms with van der Waals surface area (Å²) in [5.74, 6) is 1.27. The van der Waals surface area contributed by atoms with Crippen molar-refractivity contribution >= 4 is 22.6 Å². The van der Waals surface area contributed by atoms with Crippen LogP contribution in [-0.2, 0) is 0 Å². The Kier molecular flexibility index (Phi) is 5.97. The first-order valence-electron chi connectivity index (χ1n) is 10.2. The fraction of sp³-hybridized carbons (Fsp3) is 0.375. The number of benzene rings is 2. The molecule has 1 aliphatic heterocycles. The highest BCUT2D eigenvalue weighted by molar-refractivity contribution is 6.34. The van der Waals surface area contributed by atoms with Crippen LogP contribution in [0.25, 0.3) is 22.3 Å². The SMILES string of the molecule is COc1cc(OC)c2c(=O)cc(-c3cccc(C)c3Cl)oc2c1C1CCN(C)C1CO. The minimum atomic E-state index is -0.221. The lowest BCUT2D eigenvalue weighted by atomic mass is 9.89. The van der Waals surface area contributed by atoms with Crippen molar-refractivity contribution in [3.63, 3.8) is 0 Å². The van der Waals surface area contributed by atoms with Gasteiger partial charge in [0.2, 0.25) is 0 Å². The minimum Gasteiger partial charge on any atom is -0.496 e. The van der Waals surface area contributed by atoms with Crippen LogP contribution in [0, 0.1) is 6.92 Å². The van der Waals surface area contributed by atoms with Crippen molar-refractivity contribution in [1.82, 2.24) is 4.90 Å². The Labute approximate surface area is 185 Å². The minimum absolute atomic E-state index is 0.00846. The van der Waals surface area contributed by atoms with Crippen LogP contribution in [0.4, 0.5) is 0 Å². The standard InChI is InChI=1S/C24H26ClNO5/c1-13-6-5-7-15(23(13)25)18-10-17(28)22-20(30-4)11-19(29-3)21(24(22)31-18)14-8-9-26(2)16(14)12-27/h5-7,10-11,14,16,27H,8-9,12H2,1-4H3.